The number of anilines is 1. The van der Waals surface area contributed by atoms with Crippen LogP contribution in [0.15, 0.2) is 36.5 Å². The minimum absolute atomic E-state index is 0.0175. The second-order valence-electron chi connectivity index (χ2n) is 6.99. The fourth-order valence-electron chi connectivity index (χ4n) is 3.33. The summed E-state index contributed by atoms with van der Waals surface area (Å²) >= 11 is 0. The van der Waals surface area contributed by atoms with Crippen molar-refractivity contribution in [1.29, 1.82) is 0 Å². The van der Waals surface area contributed by atoms with Gasteiger partial charge in [0.15, 0.2) is 0 Å². The zero-order valence-electron chi connectivity index (χ0n) is 15.9. The SMILES string of the molecule is O=C(NCCc1c(F)cccc1F)NCc1ccc(N2CCCCCC2)nc1. The number of rotatable bonds is 6. The van der Waals surface area contributed by atoms with Crippen LogP contribution in [0.3, 0.4) is 0 Å². The van der Waals surface area contributed by atoms with E-state index < -0.39 is 11.6 Å². The molecule has 150 valence electrons. The van der Waals surface area contributed by atoms with Crippen molar-refractivity contribution in [2.24, 2.45) is 0 Å². The minimum Gasteiger partial charge on any atom is -0.357 e. The van der Waals surface area contributed by atoms with Crippen LogP contribution in [0.4, 0.5) is 19.4 Å². The molecule has 1 saturated heterocycles. The summed E-state index contributed by atoms with van der Waals surface area (Å²) in [6.07, 6.45) is 6.81. The Morgan fingerprint density at radius 3 is 2.36 bits per heavy atom. The predicted octanol–water partition coefficient (Wildman–Crippen LogP) is 3.78. The number of amides is 2. The summed E-state index contributed by atoms with van der Waals surface area (Å²) < 4.78 is 27.1. The molecular weight excluding hydrogens is 362 g/mol. The van der Waals surface area contributed by atoms with E-state index in [1.807, 2.05) is 12.1 Å². The summed E-state index contributed by atoms with van der Waals surface area (Å²) in [6.45, 7) is 2.56. The van der Waals surface area contributed by atoms with E-state index in [1.54, 1.807) is 6.20 Å². The van der Waals surface area contributed by atoms with Crippen molar-refractivity contribution in [2.45, 2.75) is 38.6 Å². The van der Waals surface area contributed by atoms with Crippen molar-refractivity contribution in [3.63, 3.8) is 0 Å². The molecule has 1 aromatic carbocycles. The van der Waals surface area contributed by atoms with Crippen LogP contribution in [0, 0.1) is 11.6 Å². The Morgan fingerprint density at radius 2 is 1.71 bits per heavy atom. The Balaban J connectivity index is 1.41. The topological polar surface area (TPSA) is 57.3 Å². The van der Waals surface area contributed by atoms with Crippen LogP contribution in [-0.4, -0.2) is 30.6 Å². The van der Waals surface area contributed by atoms with Crippen LogP contribution in [0.25, 0.3) is 0 Å². The standard InChI is InChI=1S/C21H26F2N4O/c22-18-6-5-7-19(23)17(18)10-11-24-21(28)26-15-16-8-9-20(25-14-16)27-12-3-1-2-4-13-27/h5-9,14H,1-4,10-13,15H2,(H2,24,26,28). The van der Waals surface area contributed by atoms with Crippen molar-refractivity contribution in [3.05, 3.63) is 59.3 Å². The molecule has 1 aromatic heterocycles. The van der Waals surface area contributed by atoms with Gasteiger partial charge in [-0.05, 0) is 43.0 Å². The molecule has 1 fully saturated rings. The van der Waals surface area contributed by atoms with E-state index in [2.05, 4.69) is 20.5 Å². The van der Waals surface area contributed by atoms with Gasteiger partial charge >= 0.3 is 6.03 Å². The second-order valence-corrected chi connectivity index (χ2v) is 6.99. The highest BCUT2D eigenvalue weighted by Crippen LogP contribution is 2.17. The highest BCUT2D eigenvalue weighted by atomic mass is 19.1. The summed E-state index contributed by atoms with van der Waals surface area (Å²) in [7, 11) is 0. The molecule has 0 atom stereocenters. The van der Waals surface area contributed by atoms with Crippen LogP contribution in [0.1, 0.15) is 36.8 Å². The summed E-state index contributed by atoms with van der Waals surface area (Å²) in [4.78, 5) is 18.7. The zero-order chi connectivity index (χ0) is 19.8. The van der Waals surface area contributed by atoms with Crippen molar-refractivity contribution in [3.8, 4) is 0 Å². The first kappa shape index (κ1) is 20.0. The summed E-state index contributed by atoms with van der Waals surface area (Å²) in [5, 5.41) is 5.35. The zero-order valence-corrected chi connectivity index (χ0v) is 15.9. The van der Waals surface area contributed by atoms with Gasteiger partial charge in [0.2, 0.25) is 0 Å². The predicted molar refractivity (Wildman–Crippen MR) is 105 cm³/mol. The van der Waals surface area contributed by atoms with Gasteiger partial charge in [-0.1, -0.05) is 25.0 Å². The Labute approximate surface area is 164 Å². The molecule has 2 aromatic rings. The fourth-order valence-corrected chi connectivity index (χ4v) is 3.33. The van der Waals surface area contributed by atoms with Gasteiger partial charge < -0.3 is 15.5 Å². The number of urea groups is 1. The van der Waals surface area contributed by atoms with Crippen molar-refractivity contribution in [1.82, 2.24) is 15.6 Å². The monoisotopic (exact) mass is 388 g/mol. The summed E-state index contributed by atoms with van der Waals surface area (Å²) in [5.41, 5.74) is 0.880. The van der Waals surface area contributed by atoms with E-state index in [-0.39, 0.29) is 24.6 Å². The number of carbonyl (C=O) groups is 1. The average Bonchev–Trinajstić information content (AvgIpc) is 2.99. The van der Waals surface area contributed by atoms with Crippen molar-refractivity contribution < 1.29 is 13.6 Å². The molecule has 0 spiro atoms. The molecule has 5 nitrogen and oxygen atoms in total. The number of aromatic nitrogens is 1. The third-order valence-corrected chi connectivity index (χ3v) is 4.91. The number of benzene rings is 1. The van der Waals surface area contributed by atoms with Crippen LogP contribution in [0.5, 0.6) is 0 Å². The Kier molecular flexibility index (Phi) is 7.17. The molecule has 2 heterocycles. The molecule has 3 rings (SSSR count). The number of nitrogens with one attached hydrogen (secondary N) is 2. The number of halogens is 2. The number of hydrogen-bond acceptors (Lipinski definition) is 3. The smallest absolute Gasteiger partial charge is 0.315 e. The van der Waals surface area contributed by atoms with Gasteiger partial charge in [-0.2, -0.15) is 0 Å². The van der Waals surface area contributed by atoms with E-state index >= 15 is 0 Å². The first-order valence-electron chi connectivity index (χ1n) is 9.78. The second kappa shape index (κ2) is 10.0. The lowest BCUT2D eigenvalue weighted by Gasteiger charge is -2.21. The van der Waals surface area contributed by atoms with Crippen molar-refractivity contribution >= 4 is 11.8 Å². The first-order chi connectivity index (χ1) is 13.6. The molecule has 0 saturated carbocycles. The molecule has 0 unspecified atom stereocenters. The Morgan fingerprint density at radius 1 is 1.00 bits per heavy atom. The van der Waals surface area contributed by atoms with Gasteiger partial charge in [0, 0.05) is 37.9 Å². The van der Waals surface area contributed by atoms with E-state index in [0.717, 1.165) is 24.5 Å². The lowest BCUT2D eigenvalue weighted by Crippen LogP contribution is -2.36. The highest BCUT2D eigenvalue weighted by Gasteiger charge is 2.11. The average molecular weight is 388 g/mol. The van der Waals surface area contributed by atoms with Gasteiger partial charge in [-0.15, -0.1) is 0 Å². The maximum absolute atomic E-state index is 13.6. The lowest BCUT2D eigenvalue weighted by molar-refractivity contribution is 0.240. The number of nitrogens with zero attached hydrogens (tertiary/aromatic N) is 2. The third kappa shape index (κ3) is 5.65. The Hall–Kier alpha value is -2.70. The maximum atomic E-state index is 13.6. The number of pyridine rings is 1. The van der Waals surface area contributed by atoms with Gasteiger partial charge in [-0.25, -0.2) is 18.6 Å². The van der Waals surface area contributed by atoms with Crippen LogP contribution >= 0.6 is 0 Å². The Bertz CT molecular complexity index is 754. The van der Waals surface area contributed by atoms with Gasteiger partial charge in [0.1, 0.15) is 17.5 Å². The molecule has 7 heteroatoms. The number of carbonyl (C=O) groups excluding carboxylic acids is 1. The third-order valence-electron chi connectivity index (χ3n) is 4.91. The highest BCUT2D eigenvalue weighted by molar-refractivity contribution is 5.73. The van der Waals surface area contributed by atoms with Crippen molar-refractivity contribution in [2.75, 3.05) is 24.5 Å². The van der Waals surface area contributed by atoms with E-state index in [0.29, 0.717) is 6.54 Å². The van der Waals surface area contributed by atoms with E-state index in [4.69, 9.17) is 0 Å². The summed E-state index contributed by atoms with van der Waals surface area (Å²) in [5.74, 6) is -0.224. The fraction of sp³-hybridized carbons (Fsp3) is 0.429. The van der Waals surface area contributed by atoms with E-state index in [1.165, 1.54) is 43.9 Å². The quantitative estimate of drug-likeness (QED) is 0.792. The van der Waals surface area contributed by atoms with Gasteiger partial charge in [0.25, 0.3) is 0 Å². The molecule has 2 amide bonds. The molecular formula is C21H26F2N4O. The van der Waals surface area contributed by atoms with Crippen LogP contribution in [0.2, 0.25) is 0 Å². The molecule has 28 heavy (non-hydrogen) atoms. The van der Waals surface area contributed by atoms with Gasteiger partial charge in [0.05, 0.1) is 0 Å². The molecule has 0 aliphatic carbocycles. The minimum atomic E-state index is -0.599. The maximum Gasteiger partial charge on any atom is 0.315 e. The van der Waals surface area contributed by atoms with Gasteiger partial charge in [-0.3, -0.25) is 0 Å². The first-order valence-corrected chi connectivity index (χ1v) is 9.78. The largest absolute Gasteiger partial charge is 0.357 e. The molecule has 1 aliphatic heterocycles. The van der Waals surface area contributed by atoms with E-state index in [9.17, 15) is 13.6 Å². The molecule has 0 bridgehead atoms. The van der Waals surface area contributed by atoms with Crippen LogP contribution < -0.4 is 15.5 Å². The molecule has 2 N–H and O–H groups in total. The summed E-state index contributed by atoms with van der Waals surface area (Å²) in [6, 6.07) is 7.30. The molecule has 0 radical (unpaired) electrons. The number of hydrogen-bond donors (Lipinski definition) is 2. The van der Waals surface area contributed by atoms with Crippen LogP contribution in [-0.2, 0) is 13.0 Å². The lowest BCUT2D eigenvalue weighted by atomic mass is 10.1. The molecule has 1 aliphatic rings. The normalized spacial score (nSPS) is 14.4.